The highest BCUT2D eigenvalue weighted by Gasteiger charge is 2.37. The fourth-order valence-corrected chi connectivity index (χ4v) is 3.83. The minimum absolute atomic E-state index is 0.0439. The number of ether oxygens (including phenoxy) is 1. The van der Waals surface area contributed by atoms with Crippen molar-refractivity contribution >= 4 is 11.7 Å². The molecule has 4 aromatic rings. The minimum atomic E-state index is -4.70. The van der Waals surface area contributed by atoms with Gasteiger partial charge in [-0.1, -0.05) is 0 Å². The number of carbonyl (C=O) groups excluding carboxylic acids is 1. The van der Waals surface area contributed by atoms with Gasteiger partial charge < -0.3 is 14.6 Å². The van der Waals surface area contributed by atoms with Gasteiger partial charge in [0.1, 0.15) is 23.7 Å². The number of likely N-dealkylation sites (tertiary alicyclic amines) is 1. The molecule has 178 valence electrons. The van der Waals surface area contributed by atoms with Crippen LogP contribution < -0.4 is 0 Å². The van der Waals surface area contributed by atoms with Crippen molar-refractivity contribution in [2.75, 3.05) is 19.7 Å². The summed E-state index contributed by atoms with van der Waals surface area (Å²) in [6.45, 7) is 1.57. The van der Waals surface area contributed by atoms with Gasteiger partial charge in [-0.2, -0.15) is 13.2 Å². The van der Waals surface area contributed by atoms with E-state index in [1.807, 2.05) is 0 Å². The molecule has 11 nitrogen and oxygen atoms in total. The van der Waals surface area contributed by atoms with E-state index >= 15 is 0 Å². The third-order valence-electron chi connectivity index (χ3n) is 5.44. The number of piperidine rings is 1. The number of H-pyrrole nitrogens is 2. The number of aromatic amines is 2. The van der Waals surface area contributed by atoms with Gasteiger partial charge in [0.25, 0.3) is 5.82 Å². The van der Waals surface area contributed by atoms with E-state index in [1.165, 1.54) is 12.5 Å². The molecule has 1 aliphatic rings. The van der Waals surface area contributed by atoms with E-state index in [4.69, 9.17) is 4.74 Å². The van der Waals surface area contributed by atoms with Gasteiger partial charge in [-0.05, 0) is 19.3 Å². The summed E-state index contributed by atoms with van der Waals surface area (Å²) in [4.78, 5) is 33.3. The summed E-state index contributed by atoms with van der Waals surface area (Å²) < 4.78 is 46.2. The summed E-state index contributed by atoms with van der Waals surface area (Å²) in [7, 11) is 0. The molecular weight excluding hydrogens is 455 g/mol. The molecule has 1 saturated heterocycles. The number of hydrogen-bond acceptors (Lipinski definition) is 7. The smallest absolute Gasteiger partial charge is 0.367 e. The van der Waals surface area contributed by atoms with Crippen molar-refractivity contribution in [3.05, 3.63) is 36.3 Å². The third-order valence-corrected chi connectivity index (χ3v) is 5.44. The minimum Gasteiger partial charge on any atom is -0.367 e. The SMILES string of the molecule is O=C(COCc1cnc2nc(-c3nc(C(F)(F)F)n[nH]3)c(-c3c[nH]cn3)n2c1)N1CCCCC1. The summed E-state index contributed by atoms with van der Waals surface area (Å²) in [6.07, 6.45) is 4.67. The van der Waals surface area contributed by atoms with Crippen molar-refractivity contribution in [3.8, 4) is 22.9 Å². The van der Waals surface area contributed by atoms with Crippen molar-refractivity contribution in [3.63, 3.8) is 0 Å². The molecule has 1 fully saturated rings. The Morgan fingerprint density at radius 2 is 1.97 bits per heavy atom. The average Bonchev–Trinajstić information content (AvgIpc) is 3.57. The Balaban J connectivity index is 1.42. The highest BCUT2D eigenvalue weighted by molar-refractivity contribution is 5.77. The van der Waals surface area contributed by atoms with Crippen molar-refractivity contribution < 1.29 is 22.7 Å². The molecule has 0 radical (unpaired) electrons. The van der Waals surface area contributed by atoms with Gasteiger partial charge in [-0.15, -0.1) is 5.10 Å². The molecule has 0 spiro atoms. The monoisotopic (exact) mass is 475 g/mol. The van der Waals surface area contributed by atoms with Crippen LogP contribution in [0.4, 0.5) is 13.2 Å². The Kier molecular flexibility index (Phi) is 5.73. The Morgan fingerprint density at radius 3 is 2.68 bits per heavy atom. The second kappa shape index (κ2) is 8.85. The van der Waals surface area contributed by atoms with Crippen LogP contribution in [0.1, 0.15) is 30.7 Å². The van der Waals surface area contributed by atoms with Gasteiger partial charge in [-0.25, -0.2) is 19.9 Å². The van der Waals surface area contributed by atoms with Crippen LogP contribution in [0, 0.1) is 0 Å². The van der Waals surface area contributed by atoms with Crippen molar-refractivity contribution in [2.24, 2.45) is 0 Å². The molecule has 1 amide bonds. The van der Waals surface area contributed by atoms with E-state index in [0.717, 1.165) is 32.4 Å². The van der Waals surface area contributed by atoms with Crippen LogP contribution in [0.15, 0.2) is 24.9 Å². The molecule has 0 bridgehead atoms. The van der Waals surface area contributed by atoms with E-state index in [-0.39, 0.29) is 36.4 Å². The Morgan fingerprint density at radius 1 is 1.15 bits per heavy atom. The predicted molar refractivity (Wildman–Crippen MR) is 111 cm³/mol. The van der Waals surface area contributed by atoms with Crippen molar-refractivity contribution in [2.45, 2.75) is 32.0 Å². The molecular formula is C20H20F3N9O2. The van der Waals surface area contributed by atoms with Crippen LogP contribution in [-0.4, -0.2) is 70.0 Å². The van der Waals surface area contributed by atoms with Crippen LogP contribution in [0.5, 0.6) is 0 Å². The number of carbonyl (C=O) groups is 1. The van der Waals surface area contributed by atoms with Gasteiger partial charge in [-0.3, -0.25) is 14.3 Å². The zero-order chi connectivity index (χ0) is 23.7. The number of hydrogen-bond donors (Lipinski definition) is 2. The number of halogens is 3. The zero-order valence-corrected chi connectivity index (χ0v) is 17.8. The topological polar surface area (TPSA) is 130 Å². The molecule has 5 heterocycles. The van der Waals surface area contributed by atoms with Crippen LogP contribution in [0.3, 0.4) is 0 Å². The second-order valence-corrected chi connectivity index (χ2v) is 7.84. The molecule has 0 aliphatic carbocycles. The number of fused-ring (bicyclic) bond motifs is 1. The second-order valence-electron chi connectivity index (χ2n) is 7.84. The van der Waals surface area contributed by atoms with Crippen molar-refractivity contribution in [1.29, 1.82) is 0 Å². The van der Waals surface area contributed by atoms with Crippen LogP contribution in [0.2, 0.25) is 0 Å². The van der Waals surface area contributed by atoms with E-state index in [0.29, 0.717) is 17.0 Å². The lowest BCUT2D eigenvalue weighted by Crippen LogP contribution is -2.37. The molecule has 5 rings (SSSR count). The first-order valence-corrected chi connectivity index (χ1v) is 10.6. The first-order chi connectivity index (χ1) is 16.4. The molecule has 0 saturated carbocycles. The lowest BCUT2D eigenvalue weighted by atomic mass is 10.1. The Hall–Kier alpha value is -3.81. The number of rotatable bonds is 6. The van der Waals surface area contributed by atoms with E-state index in [9.17, 15) is 18.0 Å². The molecule has 1 aliphatic heterocycles. The molecule has 0 aromatic carbocycles. The predicted octanol–water partition coefficient (Wildman–Crippen LogP) is 2.45. The molecule has 4 aromatic heterocycles. The van der Waals surface area contributed by atoms with Gasteiger partial charge in [0.2, 0.25) is 11.7 Å². The summed E-state index contributed by atoms with van der Waals surface area (Å²) >= 11 is 0. The maximum Gasteiger partial charge on any atom is 0.453 e. The third kappa shape index (κ3) is 4.35. The molecule has 34 heavy (non-hydrogen) atoms. The van der Waals surface area contributed by atoms with Gasteiger partial charge >= 0.3 is 6.18 Å². The van der Waals surface area contributed by atoms with Crippen molar-refractivity contribution in [1.82, 2.24) is 44.4 Å². The number of amides is 1. The number of nitrogens with one attached hydrogen (secondary N) is 2. The lowest BCUT2D eigenvalue weighted by Gasteiger charge is -2.26. The Labute approximate surface area is 190 Å². The normalized spacial score (nSPS) is 14.7. The average molecular weight is 475 g/mol. The zero-order valence-electron chi connectivity index (χ0n) is 17.8. The quantitative estimate of drug-likeness (QED) is 0.438. The van der Waals surface area contributed by atoms with E-state index in [1.54, 1.807) is 21.7 Å². The van der Waals surface area contributed by atoms with E-state index in [2.05, 4.69) is 35.1 Å². The number of aromatic nitrogens is 8. The molecule has 0 atom stereocenters. The van der Waals surface area contributed by atoms with E-state index < -0.39 is 12.0 Å². The first-order valence-electron chi connectivity index (χ1n) is 10.6. The largest absolute Gasteiger partial charge is 0.453 e. The number of alkyl halides is 3. The number of nitrogens with zero attached hydrogens (tertiary/aromatic N) is 7. The highest BCUT2D eigenvalue weighted by Crippen LogP contribution is 2.32. The molecule has 0 unspecified atom stereocenters. The fourth-order valence-electron chi connectivity index (χ4n) is 3.83. The number of imidazole rings is 2. The summed E-state index contributed by atoms with van der Waals surface area (Å²) in [5, 5.41) is 5.55. The maximum absolute atomic E-state index is 13.0. The van der Waals surface area contributed by atoms with Crippen LogP contribution in [-0.2, 0) is 22.3 Å². The van der Waals surface area contributed by atoms with Gasteiger partial charge in [0, 0.05) is 37.2 Å². The lowest BCUT2D eigenvalue weighted by molar-refractivity contribution is -0.144. The standard InChI is InChI=1S/C20H20F3N9O2/c21-20(22,23)18-28-17(29-30-18)15-16(13-7-24-11-26-13)32-8-12(6-25-19(32)27-15)9-34-10-14(33)31-4-2-1-3-5-31/h6-8,11H,1-5,9-10H2,(H,24,26)(H,28,29,30). The van der Waals surface area contributed by atoms with Crippen LogP contribution in [0.25, 0.3) is 28.7 Å². The summed E-state index contributed by atoms with van der Waals surface area (Å²) in [6, 6.07) is 0. The summed E-state index contributed by atoms with van der Waals surface area (Å²) in [5.41, 5.74) is 1.56. The Bertz CT molecular complexity index is 1290. The fraction of sp³-hybridized carbons (Fsp3) is 0.400. The molecule has 2 N–H and O–H groups in total. The highest BCUT2D eigenvalue weighted by atomic mass is 19.4. The van der Waals surface area contributed by atoms with Gasteiger partial charge in [0.15, 0.2) is 5.82 Å². The first kappa shape index (κ1) is 22.0. The maximum atomic E-state index is 13.0. The van der Waals surface area contributed by atoms with Gasteiger partial charge in [0.05, 0.1) is 12.9 Å². The summed E-state index contributed by atoms with van der Waals surface area (Å²) in [5.74, 6) is -1.29. The molecule has 14 heteroatoms. The van der Waals surface area contributed by atoms with Crippen LogP contribution >= 0.6 is 0 Å².